The van der Waals surface area contributed by atoms with E-state index in [-0.39, 0.29) is 11.7 Å². The number of rotatable bonds is 4. The zero-order valence-corrected chi connectivity index (χ0v) is 9.87. The van der Waals surface area contributed by atoms with Gasteiger partial charge in [0.05, 0.1) is 5.75 Å². The first-order valence-electron chi connectivity index (χ1n) is 4.93. The van der Waals surface area contributed by atoms with Crippen LogP contribution in [0.4, 0.5) is 11.4 Å². The molecule has 0 amide bonds. The van der Waals surface area contributed by atoms with Gasteiger partial charge in [0.25, 0.3) is 10.1 Å². The Morgan fingerprint density at radius 1 is 1.38 bits per heavy atom. The third-order valence-electron chi connectivity index (χ3n) is 2.46. The van der Waals surface area contributed by atoms with Gasteiger partial charge in [0.1, 0.15) is 0 Å². The Balaban J connectivity index is 3.04. The summed E-state index contributed by atoms with van der Waals surface area (Å²) in [5, 5.41) is 0. The molecule has 0 heterocycles. The number of nitrogen functional groups attached to an aromatic ring is 2. The minimum absolute atomic E-state index is 0.310. The summed E-state index contributed by atoms with van der Waals surface area (Å²) in [6, 6.07) is 4.95. The molecule has 0 aliphatic carbocycles. The van der Waals surface area contributed by atoms with Gasteiger partial charge in [0.15, 0.2) is 0 Å². The van der Waals surface area contributed by atoms with Gasteiger partial charge in [-0.2, -0.15) is 8.42 Å². The van der Waals surface area contributed by atoms with E-state index in [0.717, 1.165) is 0 Å². The van der Waals surface area contributed by atoms with Crippen LogP contribution in [0.25, 0.3) is 0 Å². The number of hydrogen-bond acceptors (Lipinski definition) is 4. The van der Waals surface area contributed by atoms with Crippen molar-refractivity contribution in [2.75, 3.05) is 17.2 Å². The van der Waals surface area contributed by atoms with Gasteiger partial charge in [-0.15, -0.1) is 0 Å². The lowest BCUT2D eigenvalue weighted by Gasteiger charge is -2.16. The molecule has 0 radical (unpaired) electrons. The summed E-state index contributed by atoms with van der Waals surface area (Å²) in [6.07, 6.45) is 0.577. The molecule has 5 N–H and O–H groups in total. The van der Waals surface area contributed by atoms with E-state index < -0.39 is 10.1 Å². The molecule has 0 bridgehead atoms. The zero-order valence-electron chi connectivity index (χ0n) is 9.05. The minimum Gasteiger partial charge on any atom is -0.399 e. The van der Waals surface area contributed by atoms with Gasteiger partial charge in [-0.1, -0.05) is 13.0 Å². The molecule has 0 saturated carbocycles. The first-order chi connectivity index (χ1) is 7.33. The van der Waals surface area contributed by atoms with Gasteiger partial charge in [0, 0.05) is 17.3 Å². The smallest absolute Gasteiger partial charge is 0.265 e. The Labute approximate surface area is 95.2 Å². The largest absolute Gasteiger partial charge is 0.399 e. The highest BCUT2D eigenvalue weighted by molar-refractivity contribution is 7.85. The molecule has 90 valence electrons. The van der Waals surface area contributed by atoms with E-state index in [2.05, 4.69) is 0 Å². The van der Waals surface area contributed by atoms with Crippen molar-refractivity contribution < 1.29 is 13.0 Å². The summed E-state index contributed by atoms with van der Waals surface area (Å²) in [6.45, 7) is 1.84. The first kappa shape index (κ1) is 12.8. The van der Waals surface area contributed by atoms with Crippen molar-refractivity contribution >= 4 is 21.5 Å². The Hall–Kier alpha value is -1.27. The quantitative estimate of drug-likeness (QED) is 0.545. The van der Waals surface area contributed by atoms with Crippen LogP contribution in [0.15, 0.2) is 18.2 Å². The molecule has 5 nitrogen and oxygen atoms in total. The second-order valence-electron chi connectivity index (χ2n) is 3.74. The summed E-state index contributed by atoms with van der Waals surface area (Å²) in [7, 11) is -4.00. The molecule has 0 spiro atoms. The molecular formula is C10H16N2O3S. The second kappa shape index (κ2) is 4.71. The highest BCUT2D eigenvalue weighted by atomic mass is 32.2. The van der Waals surface area contributed by atoms with Crippen molar-refractivity contribution in [3.63, 3.8) is 0 Å². The predicted octanol–water partition coefficient (Wildman–Crippen LogP) is 1.23. The summed E-state index contributed by atoms with van der Waals surface area (Å²) >= 11 is 0. The summed E-state index contributed by atoms with van der Waals surface area (Å²) in [4.78, 5) is 0. The van der Waals surface area contributed by atoms with E-state index in [9.17, 15) is 8.42 Å². The molecule has 1 aromatic rings. The second-order valence-corrected chi connectivity index (χ2v) is 5.24. The summed E-state index contributed by atoms with van der Waals surface area (Å²) < 4.78 is 30.5. The standard InChI is InChI=1S/C10H16N2O3S/c1-2-7(6-16(13,14)15)9-4-3-8(11)5-10(9)12/h3-5,7H,2,6,11-12H2,1H3,(H,13,14,15). The third-order valence-corrected chi connectivity index (χ3v) is 3.28. The van der Waals surface area contributed by atoms with Gasteiger partial charge >= 0.3 is 0 Å². The number of nitrogens with two attached hydrogens (primary N) is 2. The van der Waals surface area contributed by atoms with Crippen molar-refractivity contribution in [2.45, 2.75) is 19.3 Å². The van der Waals surface area contributed by atoms with Gasteiger partial charge in [-0.25, -0.2) is 0 Å². The molecule has 0 aromatic heterocycles. The Bertz CT molecular complexity index is 471. The van der Waals surface area contributed by atoms with Crippen molar-refractivity contribution in [1.29, 1.82) is 0 Å². The van der Waals surface area contributed by atoms with E-state index in [4.69, 9.17) is 16.0 Å². The molecule has 0 saturated heterocycles. The average Bonchev–Trinajstić information content (AvgIpc) is 2.13. The monoisotopic (exact) mass is 244 g/mol. The van der Waals surface area contributed by atoms with Gasteiger partial charge in [0.2, 0.25) is 0 Å². The van der Waals surface area contributed by atoms with Crippen LogP contribution in [0.1, 0.15) is 24.8 Å². The molecule has 0 fully saturated rings. The van der Waals surface area contributed by atoms with Crippen LogP contribution in [0.3, 0.4) is 0 Å². The topological polar surface area (TPSA) is 106 Å². The zero-order chi connectivity index (χ0) is 12.3. The van der Waals surface area contributed by atoms with Crippen LogP contribution in [0.5, 0.6) is 0 Å². The lowest BCUT2D eigenvalue weighted by atomic mass is 9.96. The molecule has 0 aliphatic rings. The predicted molar refractivity (Wildman–Crippen MR) is 64.7 cm³/mol. The lowest BCUT2D eigenvalue weighted by Crippen LogP contribution is -2.14. The van der Waals surface area contributed by atoms with Gasteiger partial charge in [-0.3, -0.25) is 4.55 Å². The van der Waals surface area contributed by atoms with E-state index in [1.54, 1.807) is 18.2 Å². The average molecular weight is 244 g/mol. The van der Waals surface area contributed by atoms with Crippen LogP contribution in [0.2, 0.25) is 0 Å². The highest BCUT2D eigenvalue weighted by Gasteiger charge is 2.19. The maximum absolute atomic E-state index is 10.8. The molecule has 1 atom stereocenters. The maximum Gasteiger partial charge on any atom is 0.265 e. The molecular weight excluding hydrogens is 228 g/mol. The summed E-state index contributed by atoms with van der Waals surface area (Å²) in [5.41, 5.74) is 13.0. The fraction of sp³-hybridized carbons (Fsp3) is 0.400. The first-order valence-corrected chi connectivity index (χ1v) is 6.54. The molecule has 16 heavy (non-hydrogen) atoms. The number of anilines is 2. The van der Waals surface area contributed by atoms with E-state index in [1.807, 2.05) is 6.92 Å². The van der Waals surface area contributed by atoms with Gasteiger partial charge in [-0.05, 0) is 24.1 Å². The van der Waals surface area contributed by atoms with Crippen molar-refractivity contribution in [3.8, 4) is 0 Å². The third kappa shape index (κ3) is 3.39. The number of benzene rings is 1. The normalized spacial score (nSPS) is 13.6. The van der Waals surface area contributed by atoms with Crippen LogP contribution < -0.4 is 11.5 Å². The lowest BCUT2D eigenvalue weighted by molar-refractivity contribution is 0.476. The molecule has 1 unspecified atom stereocenters. The molecule has 6 heteroatoms. The fourth-order valence-corrected chi connectivity index (χ4v) is 2.57. The van der Waals surface area contributed by atoms with Crippen LogP contribution in [0, 0.1) is 0 Å². The van der Waals surface area contributed by atoms with E-state index >= 15 is 0 Å². The van der Waals surface area contributed by atoms with Crippen LogP contribution in [-0.2, 0) is 10.1 Å². The summed E-state index contributed by atoms with van der Waals surface area (Å²) in [5.74, 6) is -0.631. The SMILES string of the molecule is CCC(CS(=O)(=O)O)c1ccc(N)cc1N. The Morgan fingerprint density at radius 3 is 2.44 bits per heavy atom. The molecule has 1 rings (SSSR count). The van der Waals surface area contributed by atoms with Crippen LogP contribution >= 0.6 is 0 Å². The minimum atomic E-state index is -4.00. The fourth-order valence-electron chi connectivity index (χ4n) is 1.65. The van der Waals surface area contributed by atoms with Crippen molar-refractivity contribution in [1.82, 2.24) is 0 Å². The van der Waals surface area contributed by atoms with Gasteiger partial charge < -0.3 is 11.5 Å². The van der Waals surface area contributed by atoms with Crippen molar-refractivity contribution in [3.05, 3.63) is 23.8 Å². The Kier molecular flexibility index (Phi) is 3.77. The highest BCUT2D eigenvalue weighted by Crippen LogP contribution is 2.27. The number of hydrogen-bond donors (Lipinski definition) is 3. The maximum atomic E-state index is 10.8. The van der Waals surface area contributed by atoms with Crippen LogP contribution in [-0.4, -0.2) is 18.7 Å². The molecule has 0 aliphatic heterocycles. The van der Waals surface area contributed by atoms with Crippen molar-refractivity contribution in [2.24, 2.45) is 0 Å². The Morgan fingerprint density at radius 2 is 2.00 bits per heavy atom. The molecule has 1 aromatic carbocycles. The van der Waals surface area contributed by atoms with E-state index in [0.29, 0.717) is 23.4 Å². The van der Waals surface area contributed by atoms with E-state index in [1.165, 1.54) is 0 Å².